The van der Waals surface area contributed by atoms with Crippen LogP contribution in [0.4, 0.5) is 0 Å². The lowest BCUT2D eigenvalue weighted by molar-refractivity contribution is -0.129. The first-order chi connectivity index (χ1) is 26.7. The van der Waals surface area contributed by atoms with Crippen LogP contribution in [0.15, 0.2) is 72.8 Å². The number of carbonyl (C=O) groups is 4. The highest BCUT2D eigenvalue weighted by atomic mass is 16.5. The Balaban J connectivity index is 0.000000189. The topological polar surface area (TPSA) is 125 Å². The minimum atomic E-state index is -0.692. The molecule has 4 fully saturated rings. The third kappa shape index (κ3) is 9.52. The van der Waals surface area contributed by atoms with Crippen molar-refractivity contribution >= 4 is 23.4 Å². The molecule has 2 amide bonds. The predicted octanol–water partition coefficient (Wildman–Crippen LogP) is 9.53. The summed E-state index contributed by atoms with van der Waals surface area (Å²) >= 11 is 0. The van der Waals surface area contributed by atoms with Gasteiger partial charge in [-0.25, -0.2) is 0 Å². The van der Waals surface area contributed by atoms with E-state index in [1.54, 1.807) is 0 Å². The molecule has 57 heavy (non-hydrogen) atoms. The van der Waals surface area contributed by atoms with Crippen molar-refractivity contribution in [1.82, 2.24) is 15.3 Å². The number of benzene rings is 2. The Morgan fingerprint density at radius 3 is 1.47 bits per heavy atom. The lowest BCUT2D eigenvalue weighted by atomic mass is 9.72. The number of nitrogens with one attached hydrogen (secondary N) is 1. The summed E-state index contributed by atoms with van der Waals surface area (Å²) in [5.74, 6) is 2.66. The molecule has 4 aliphatic rings. The zero-order valence-electron chi connectivity index (χ0n) is 33.4. The summed E-state index contributed by atoms with van der Waals surface area (Å²) in [7, 11) is 0. The van der Waals surface area contributed by atoms with Crippen molar-refractivity contribution in [2.45, 2.75) is 131 Å². The van der Waals surface area contributed by atoms with Crippen LogP contribution in [0.25, 0.3) is 0 Å². The van der Waals surface area contributed by atoms with Crippen LogP contribution in [0.5, 0.6) is 11.5 Å². The van der Waals surface area contributed by atoms with Gasteiger partial charge in [-0.15, -0.1) is 0 Å². The summed E-state index contributed by atoms with van der Waals surface area (Å²) in [6, 6.07) is 24.4. The van der Waals surface area contributed by atoms with E-state index in [1.165, 1.54) is 25.7 Å². The quantitative estimate of drug-likeness (QED) is 0.112. The van der Waals surface area contributed by atoms with E-state index in [0.29, 0.717) is 31.5 Å². The van der Waals surface area contributed by atoms with Gasteiger partial charge in [-0.3, -0.25) is 34.5 Å². The molecule has 0 radical (unpaired) electrons. The lowest BCUT2D eigenvalue weighted by Gasteiger charge is -2.29. The van der Waals surface area contributed by atoms with Gasteiger partial charge in [-0.1, -0.05) is 76.7 Å². The van der Waals surface area contributed by atoms with Crippen LogP contribution in [0.1, 0.15) is 149 Å². The van der Waals surface area contributed by atoms with Crippen molar-refractivity contribution in [3.05, 3.63) is 118 Å². The van der Waals surface area contributed by atoms with E-state index in [-0.39, 0.29) is 55.5 Å². The van der Waals surface area contributed by atoms with Gasteiger partial charge in [0.25, 0.3) is 0 Å². The highest BCUT2D eigenvalue weighted by Crippen LogP contribution is 2.45. The average molecular weight is 772 g/mol. The second kappa shape index (κ2) is 16.7. The molecule has 0 bridgehead atoms. The highest BCUT2D eigenvalue weighted by molar-refractivity contribution is 6.09. The molecule has 3 saturated carbocycles. The van der Waals surface area contributed by atoms with E-state index in [1.807, 2.05) is 90.1 Å². The van der Waals surface area contributed by atoms with Gasteiger partial charge in [-0.05, 0) is 80.5 Å². The zero-order chi connectivity index (χ0) is 39.8. The molecule has 300 valence electrons. The molecule has 8 rings (SSSR count). The van der Waals surface area contributed by atoms with Crippen molar-refractivity contribution < 1.29 is 28.7 Å². The van der Waals surface area contributed by atoms with Crippen molar-refractivity contribution in [1.29, 1.82) is 0 Å². The Morgan fingerprint density at radius 2 is 1.11 bits per heavy atom. The van der Waals surface area contributed by atoms with Crippen molar-refractivity contribution in [3.8, 4) is 11.5 Å². The van der Waals surface area contributed by atoms with E-state index in [0.717, 1.165) is 56.5 Å². The Kier molecular flexibility index (Phi) is 12.2. The van der Waals surface area contributed by atoms with Crippen molar-refractivity contribution in [2.75, 3.05) is 0 Å². The molecule has 2 aromatic heterocycles. The summed E-state index contributed by atoms with van der Waals surface area (Å²) in [5, 5.41) is 2.43. The summed E-state index contributed by atoms with van der Waals surface area (Å²) in [6.07, 6.45) is 5.56. The van der Waals surface area contributed by atoms with Crippen LogP contribution in [0.2, 0.25) is 0 Å². The maximum Gasteiger partial charge on any atom is 0.233 e. The van der Waals surface area contributed by atoms with E-state index in [4.69, 9.17) is 9.47 Å². The minimum Gasteiger partial charge on any atom is -0.489 e. The summed E-state index contributed by atoms with van der Waals surface area (Å²) < 4.78 is 12.0. The van der Waals surface area contributed by atoms with Crippen molar-refractivity contribution in [3.63, 3.8) is 0 Å². The van der Waals surface area contributed by atoms with E-state index in [2.05, 4.69) is 39.6 Å². The lowest BCUT2D eigenvalue weighted by Crippen LogP contribution is -2.33. The fraction of sp³-hybridized carbons (Fsp3) is 0.458. The normalized spacial score (nSPS) is 22.6. The molecule has 0 spiro atoms. The summed E-state index contributed by atoms with van der Waals surface area (Å²) in [5.41, 5.74) is 7.27. The Hall–Kier alpha value is -5.18. The van der Waals surface area contributed by atoms with Crippen LogP contribution >= 0.6 is 0 Å². The first kappa shape index (κ1) is 41.5. The van der Waals surface area contributed by atoms with Crippen LogP contribution < -0.4 is 14.8 Å². The average Bonchev–Trinajstić information content (AvgIpc) is 4.10. The Labute approximate surface area is 337 Å². The molecule has 9 heteroatoms. The number of hydrogen-bond acceptors (Lipinski definition) is 8. The second-order valence-electron chi connectivity index (χ2n) is 17.0. The number of aromatic nitrogens is 2. The largest absolute Gasteiger partial charge is 0.489 e. The molecule has 1 unspecified atom stereocenters. The van der Waals surface area contributed by atoms with E-state index >= 15 is 0 Å². The molecule has 1 saturated heterocycles. The number of ketones is 2. The highest BCUT2D eigenvalue weighted by Gasteiger charge is 2.47. The third-order valence-electron chi connectivity index (χ3n) is 12.4. The number of ether oxygens (including phenoxy) is 2. The molecule has 4 atom stereocenters. The molecule has 1 N–H and O–H groups in total. The third-order valence-corrected chi connectivity index (χ3v) is 12.4. The summed E-state index contributed by atoms with van der Waals surface area (Å²) in [6.45, 7) is 12.8. The Bertz CT molecular complexity index is 1990. The molecule has 3 aliphatic carbocycles. The van der Waals surface area contributed by atoms with Crippen LogP contribution in [-0.4, -0.2) is 33.3 Å². The number of Topliss-reactive ketones (excluding diaryl/α,β-unsaturated/α-hetero) is 2. The first-order valence-corrected chi connectivity index (χ1v) is 20.0. The minimum absolute atomic E-state index is 0. The number of amides is 2. The molecule has 4 aromatic rings. The van der Waals surface area contributed by atoms with Gasteiger partial charge in [0.2, 0.25) is 11.8 Å². The molecule has 1 aliphatic heterocycles. The van der Waals surface area contributed by atoms with Gasteiger partial charge in [-0.2, -0.15) is 0 Å². The number of hydrogen-bond donors (Lipinski definition) is 1. The van der Waals surface area contributed by atoms with Gasteiger partial charge in [0.15, 0.2) is 0 Å². The number of rotatable bonds is 12. The van der Waals surface area contributed by atoms with Gasteiger partial charge in [0.1, 0.15) is 36.3 Å². The second-order valence-corrected chi connectivity index (χ2v) is 17.0. The Morgan fingerprint density at radius 1 is 0.667 bits per heavy atom. The molecule has 3 heterocycles. The van der Waals surface area contributed by atoms with Gasteiger partial charge >= 0.3 is 0 Å². The first-order valence-electron chi connectivity index (χ1n) is 20.0. The number of carbonyl (C=O) groups excluding carboxylic acids is 4. The number of pyridine rings is 2. The van der Waals surface area contributed by atoms with Crippen molar-refractivity contribution in [2.24, 2.45) is 10.8 Å². The molecule has 2 aromatic carbocycles. The zero-order valence-corrected chi connectivity index (χ0v) is 33.4. The summed E-state index contributed by atoms with van der Waals surface area (Å²) in [4.78, 5) is 57.1. The van der Waals surface area contributed by atoms with E-state index in [9.17, 15) is 19.2 Å². The molecular weight excluding hydrogens is 715 g/mol. The maximum atomic E-state index is 12.3. The molecular formula is C48H57N3O6. The standard InChI is InChI=1S/C24H27NO3.C23H26N2O3.CH4/c1-15-10-21(12-22(25-15)19-8-9-19)28-14-17-4-6-18(7-5-17)16(2)24(3)13-20(26)11-23(24)27;1-14-10-19(11-20(24-14)18-8-9-18)28-13-16-4-6-17(7-5-16)15(2)23(3)12-21(26)25-22(23)27;/h4-7,10,12,16,19H,8-9,11,13-14H2,1-3H3;4-7,10-11,15,18H,8-9,12-13H2,1-3H3,(H,25,26,27);1H4/t16-,24+;15-,23?;/m11./s1. The molecule has 9 nitrogen and oxygen atoms in total. The fourth-order valence-electron chi connectivity index (χ4n) is 7.96. The van der Waals surface area contributed by atoms with Gasteiger partial charge < -0.3 is 9.47 Å². The maximum absolute atomic E-state index is 12.3. The van der Waals surface area contributed by atoms with E-state index < -0.39 is 10.8 Å². The fourth-order valence-corrected chi connectivity index (χ4v) is 7.96. The smallest absolute Gasteiger partial charge is 0.233 e. The number of aryl methyl sites for hydroxylation is 2. The van der Waals surface area contributed by atoms with Gasteiger partial charge in [0.05, 0.1) is 11.8 Å². The number of nitrogens with zero attached hydrogens (tertiary/aromatic N) is 2. The van der Waals surface area contributed by atoms with Gasteiger partial charge in [0, 0.05) is 77.1 Å². The van der Waals surface area contributed by atoms with Crippen LogP contribution in [0.3, 0.4) is 0 Å². The van der Waals surface area contributed by atoms with Crippen LogP contribution in [-0.2, 0) is 32.4 Å². The predicted molar refractivity (Wildman–Crippen MR) is 220 cm³/mol. The SMILES string of the molecule is C.Cc1cc(OCc2ccc([C@@H](C)C3(C)CC(=O)NC3=O)cc2)cc(C2CC2)n1.Cc1cc(OCc2ccc([C@@H](C)[C@]3(C)CC(=O)CC3=O)cc2)cc(C2CC2)n1. The number of imide groups is 1. The van der Waals surface area contributed by atoms with Crippen LogP contribution in [0, 0.1) is 24.7 Å². The monoisotopic (exact) mass is 771 g/mol.